The molecule has 0 atom stereocenters. The fourth-order valence-electron chi connectivity index (χ4n) is 2.02. The van der Waals surface area contributed by atoms with E-state index >= 15 is 0 Å². The minimum absolute atomic E-state index is 0.685. The molecule has 0 fully saturated rings. The highest BCUT2D eigenvalue weighted by molar-refractivity contribution is 6.31. The summed E-state index contributed by atoms with van der Waals surface area (Å²) in [5, 5.41) is 4.28. The summed E-state index contributed by atoms with van der Waals surface area (Å²) in [5.74, 6) is 0.685. The fourth-order valence-corrected chi connectivity index (χ4v) is 2.22. The normalized spacial score (nSPS) is 11.2. The van der Waals surface area contributed by atoms with Gasteiger partial charge in [-0.2, -0.15) is 0 Å². The molecule has 102 valence electrons. The molecule has 0 spiro atoms. The molecule has 0 aliphatic heterocycles. The summed E-state index contributed by atoms with van der Waals surface area (Å²) in [4.78, 5) is 0. The number of aromatic nitrogens is 1. The van der Waals surface area contributed by atoms with Gasteiger partial charge in [-0.25, -0.2) is 0 Å². The Labute approximate surface area is 120 Å². The van der Waals surface area contributed by atoms with Crippen LogP contribution in [-0.4, -0.2) is 11.1 Å². The molecule has 0 aliphatic carbocycles. The lowest BCUT2D eigenvalue weighted by Gasteiger charge is -2.06. The average Bonchev–Trinajstić information content (AvgIpc) is 2.79. The third-order valence-corrected chi connectivity index (χ3v) is 3.37. The van der Waals surface area contributed by atoms with Crippen molar-refractivity contribution in [1.29, 1.82) is 0 Å². The maximum atomic E-state index is 6.17. The van der Waals surface area contributed by atoms with Gasteiger partial charge in [-0.05, 0) is 35.7 Å². The number of hydrogen-bond donors (Lipinski definition) is 1. The molecular weight excluding hydrogens is 256 g/mol. The van der Waals surface area contributed by atoms with E-state index < -0.39 is 0 Å². The van der Waals surface area contributed by atoms with Gasteiger partial charge in [-0.3, -0.25) is 0 Å². The molecule has 0 radical (unpaired) electrons. The molecule has 0 saturated carbocycles. The summed E-state index contributed by atoms with van der Waals surface area (Å²) < 4.78 is 2.17. The van der Waals surface area contributed by atoms with Gasteiger partial charge in [-0.1, -0.05) is 43.6 Å². The molecule has 0 saturated heterocycles. The second kappa shape index (κ2) is 6.78. The summed E-state index contributed by atoms with van der Waals surface area (Å²) in [6.07, 6.45) is 4.28. The van der Waals surface area contributed by atoms with Crippen LogP contribution in [0, 0.1) is 5.92 Å². The van der Waals surface area contributed by atoms with E-state index in [0.29, 0.717) is 5.92 Å². The van der Waals surface area contributed by atoms with Gasteiger partial charge in [0, 0.05) is 30.5 Å². The molecule has 0 aliphatic rings. The van der Waals surface area contributed by atoms with Crippen LogP contribution in [0.2, 0.25) is 5.02 Å². The van der Waals surface area contributed by atoms with E-state index in [0.717, 1.165) is 30.2 Å². The van der Waals surface area contributed by atoms with E-state index in [2.05, 4.69) is 48.3 Å². The summed E-state index contributed by atoms with van der Waals surface area (Å²) >= 11 is 6.17. The number of rotatable bonds is 6. The van der Waals surface area contributed by atoms with Crippen LogP contribution in [0.4, 0.5) is 0 Å². The van der Waals surface area contributed by atoms with Gasteiger partial charge >= 0.3 is 0 Å². The zero-order valence-corrected chi connectivity index (χ0v) is 12.3. The van der Waals surface area contributed by atoms with Crippen LogP contribution in [0.15, 0.2) is 42.7 Å². The molecule has 1 heterocycles. The third kappa shape index (κ3) is 4.41. The smallest absolute Gasteiger partial charge is 0.0485 e. The number of nitrogens with one attached hydrogen (secondary N) is 1. The Balaban J connectivity index is 1.92. The molecule has 2 nitrogen and oxygen atoms in total. The Morgan fingerprint density at radius 1 is 1.21 bits per heavy atom. The second-order valence-electron chi connectivity index (χ2n) is 5.31. The first-order valence-electron chi connectivity index (χ1n) is 6.74. The minimum Gasteiger partial charge on any atom is -0.350 e. The van der Waals surface area contributed by atoms with E-state index in [1.165, 1.54) is 5.56 Å². The third-order valence-electron chi connectivity index (χ3n) is 3.00. The standard InChI is InChI=1S/C16H21ClN2/c1-13(2)9-18-10-14-7-8-19(11-14)12-15-5-3-4-6-16(15)17/h3-8,11,13,18H,9-10,12H2,1-2H3. The maximum Gasteiger partial charge on any atom is 0.0485 e. The van der Waals surface area contributed by atoms with E-state index in [1.807, 2.05) is 18.2 Å². The van der Waals surface area contributed by atoms with Crippen molar-refractivity contribution in [3.05, 3.63) is 58.9 Å². The highest BCUT2D eigenvalue weighted by Gasteiger charge is 2.02. The lowest BCUT2D eigenvalue weighted by atomic mass is 10.2. The zero-order valence-electron chi connectivity index (χ0n) is 11.6. The lowest BCUT2D eigenvalue weighted by molar-refractivity contribution is 0.552. The predicted octanol–water partition coefficient (Wildman–Crippen LogP) is 3.94. The van der Waals surface area contributed by atoms with Crippen molar-refractivity contribution in [1.82, 2.24) is 9.88 Å². The molecule has 0 bridgehead atoms. The Morgan fingerprint density at radius 2 is 2.00 bits per heavy atom. The Bertz CT molecular complexity index is 517. The van der Waals surface area contributed by atoms with Crippen molar-refractivity contribution in [3.63, 3.8) is 0 Å². The molecule has 0 unspecified atom stereocenters. The lowest BCUT2D eigenvalue weighted by Crippen LogP contribution is -2.18. The quantitative estimate of drug-likeness (QED) is 0.846. The highest BCUT2D eigenvalue weighted by atomic mass is 35.5. The number of benzene rings is 1. The molecule has 1 aromatic carbocycles. The number of halogens is 1. The topological polar surface area (TPSA) is 17.0 Å². The summed E-state index contributed by atoms with van der Waals surface area (Å²) in [5.41, 5.74) is 2.47. The van der Waals surface area contributed by atoms with Crippen molar-refractivity contribution in [3.8, 4) is 0 Å². The van der Waals surface area contributed by atoms with E-state index in [4.69, 9.17) is 11.6 Å². The van der Waals surface area contributed by atoms with Crippen molar-refractivity contribution in [2.24, 2.45) is 5.92 Å². The molecule has 19 heavy (non-hydrogen) atoms. The summed E-state index contributed by atoms with van der Waals surface area (Å²) in [6, 6.07) is 10.1. The van der Waals surface area contributed by atoms with Crippen LogP contribution < -0.4 is 5.32 Å². The Kier molecular flexibility index (Phi) is 5.06. The van der Waals surface area contributed by atoms with Crippen LogP contribution in [0.1, 0.15) is 25.0 Å². The van der Waals surface area contributed by atoms with Gasteiger partial charge in [0.25, 0.3) is 0 Å². The van der Waals surface area contributed by atoms with Crippen molar-refractivity contribution in [2.75, 3.05) is 6.54 Å². The molecular formula is C16H21ClN2. The van der Waals surface area contributed by atoms with E-state index in [9.17, 15) is 0 Å². The molecule has 2 aromatic rings. The van der Waals surface area contributed by atoms with Crippen LogP contribution in [0.5, 0.6) is 0 Å². The van der Waals surface area contributed by atoms with Crippen molar-refractivity contribution < 1.29 is 0 Å². The van der Waals surface area contributed by atoms with Crippen LogP contribution >= 0.6 is 11.6 Å². The molecule has 1 N–H and O–H groups in total. The first-order valence-corrected chi connectivity index (χ1v) is 7.11. The van der Waals surface area contributed by atoms with E-state index in [1.54, 1.807) is 0 Å². The monoisotopic (exact) mass is 276 g/mol. The average molecular weight is 277 g/mol. The highest BCUT2D eigenvalue weighted by Crippen LogP contribution is 2.16. The SMILES string of the molecule is CC(C)CNCc1ccn(Cc2ccccc2Cl)c1. The van der Waals surface area contributed by atoms with Crippen LogP contribution in [0.3, 0.4) is 0 Å². The van der Waals surface area contributed by atoms with Gasteiger partial charge in [0.2, 0.25) is 0 Å². The van der Waals surface area contributed by atoms with E-state index in [-0.39, 0.29) is 0 Å². The Hall–Kier alpha value is -1.25. The number of nitrogens with zero attached hydrogens (tertiary/aromatic N) is 1. The first kappa shape index (κ1) is 14.2. The minimum atomic E-state index is 0.685. The molecule has 2 rings (SSSR count). The fraction of sp³-hybridized carbons (Fsp3) is 0.375. The zero-order chi connectivity index (χ0) is 13.7. The summed E-state index contributed by atoms with van der Waals surface area (Å²) in [7, 11) is 0. The van der Waals surface area contributed by atoms with Gasteiger partial charge in [0.05, 0.1) is 0 Å². The largest absolute Gasteiger partial charge is 0.350 e. The van der Waals surface area contributed by atoms with Gasteiger partial charge < -0.3 is 9.88 Å². The molecule has 3 heteroatoms. The first-order chi connectivity index (χ1) is 9.15. The van der Waals surface area contributed by atoms with Gasteiger partial charge in [-0.15, -0.1) is 0 Å². The molecule has 0 amide bonds. The predicted molar refractivity (Wildman–Crippen MR) is 81.5 cm³/mol. The molecule has 1 aromatic heterocycles. The maximum absolute atomic E-state index is 6.17. The van der Waals surface area contributed by atoms with Crippen LogP contribution in [0.25, 0.3) is 0 Å². The second-order valence-corrected chi connectivity index (χ2v) is 5.72. The van der Waals surface area contributed by atoms with Crippen molar-refractivity contribution in [2.45, 2.75) is 26.9 Å². The number of hydrogen-bond acceptors (Lipinski definition) is 1. The Morgan fingerprint density at radius 3 is 2.74 bits per heavy atom. The van der Waals surface area contributed by atoms with Crippen LogP contribution in [-0.2, 0) is 13.1 Å². The van der Waals surface area contributed by atoms with Gasteiger partial charge in [0.15, 0.2) is 0 Å². The van der Waals surface area contributed by atoms with Gasteiger partial charge in [0.1, 0.15) is 0 Å². The summed E-state index contributed by atoms with van der Waals surface area (Å²) in [6.45, 7) is 7.23. The van der Waals surface area contributed by atoms with Crippen molar-refractivity contribution >= 4 is 11.6 Å².